The highest BCUT2D eigenvalue weighted by molar-refractivity contribution is 9.15. The molecule has 1 atom stereocenters. The lowest BCUT2D eigenvalue weighted by Crippen LogP contribution is -2.30. The first-order valence-electron chi connectivity index (χ1n) is 11.1. The average Bonchev–Trinajstić information content (AvgIpc) is 3.39. The van der Waals surface area contributed by atoms with E-state index in [1.165, 1.54) is 6.07 Å². The Bertz CT molecular complexity index is 1510. The van der Waals surface area contributed by atoms with Gasteiger partial charge in [0.15, 0.2) is 0 Å². The fourth-order valence-corrected chi connectivity index (χ4v) is 7.17. The summed E-state index contributed by atoms with van der Waals surface area (Å²) in [6.45, 7) is 1.95. The molecule has 1 fully saturated rings. The van der Waals surface area contributed by atoms with Crippen LogP contribution in [0.4, 0.5) is 11.4 Å². The number of imide groups is 1. The molecule has 7 nitrogen and oxygen atoms in total. The lowest BCUT2D eigenvalue weighted by molar-refractivity contribution is -0.139. The summed E-state index contributed by atoms with van der Waals surface area (Å²) in [4.78, 5) is 54.8. The Morgan fingerprint density at radius 2 is 1.42 bits per heavy atom. The summed E-state index contributed by atoms with van der Waals surface area (Å²) in [5.74, 6) is -1.98. The molecule has 0 saturated carbocycles. The number of hydrogen-bond donors (Lipinski definition) is 0. The van der Waals surface area contributed by atoms with Gasteiger partial charge in [-0.3, -0.25) is 19.2 Å². The highest BCUT2D eigenvalue weighted by atomic mass is 79.9. The molecular weight excluding hydrogens is 820 g/mol. The number of anilines is 2. The minimum atomic E-state index is -0.617. The normalized spacial score (nSPS) is 16.9. The summed E-state index contributed by atoms with van der Waals surface area (Å²) in [5, 5.41) is 0. The van der Waals surface area contributed by atoms with E-state index in [-0.39, 0.29) is 35.7 Å². The topological polar surface area (TPSA) is 84.0 Å². The zero-order chi connectivity index (χ0) is 27.5. The molecule has 0 aliphatic carbocycles. The second kappa shape index (κ2) is 10.6. The van der Waals surface area contributed by atoms with Crippen LogP contribution >= 0.6 is 79.6 Å². The molecule has 0 unspecified atom stereocenters. The van der Waals surface area contributed by atoms with Crippen LogP contribution in [0, 0.1) is 12.8 Å². The molecule has 2 aliphatic heterocycles. The van der Waals surface area contributed by atoms with E-state index in [9.17, 15) is 19.2 Å². The van der Waals surface area contributed by atoms with Crippen molar-refractivity contribution in [2.45, 2.75) is 13.3 Å². The maximum absolute atomic E-state index is 13.3. The first-order valence-corrected chi connectivity index (χ1v) is 15.1. The summed E-state index contributed by atoms with van der Waals surface area (Å²) in [6.07, 6.45) is 0.0515. The first-order chi connectivity index (χ1) is 18.0. The van der Waals surface area contributed by atoms with Gasteiger partial charge in [-0.2, -0.15) is 0 Å². The molecule has 0 bridgehead atoms. The number of ether oxygens (including phenoxy) is 1. The van der Waals surface area contributed by atoms with Gasteiger partial charge in [-0.25, -0.2) is 4.90 Å². The van der Waals surface area contributed by atoms with Crippen molar-refractivity contribution in [2.24, 2.45) is 5.92 Å². The fraction of sp³-hybridized carbons (Fsp3) is 0.154. The molecule has 3 amide bonds. The van der Waals surface area contributed by atoms with E-state index < -0.39 is 23.7 Å². The number of hydrogen-bond acceptors (Lipinski definition) is 5. The number of nitrogens with zero attached hydrogens (tertiary/aromatic N) is 2. The van der Waals surface area contributed by atoms with E-state index in [1.54, 1.807) is 24.0 Å². The lowest BCUT2D eigenvalue weighted by atomic mass is 10.1. The van der Waals surface area contributed by atoms with Crippen molar-refractivity contribution in [3.8, 4) is 5.75 Å². The Morgan fingerprint density at radius 1 is 0.842 bits per heavy atom. The monoisotopic (exact) mass is 830 g/mol. The quantitative estimate of drug-likeness (QED) is 0.0892. The van der Waals surface area contributed by atoms with Crippen molar-refractivity contribution in [3.05, 3.63) is 81.5 Å². The van der Waals surface area contributed by atoms with Gasteiger partial charge in [0.1, 0.15) is 5.75 Å². The van der Waals surface area contributed by atoms with Crippen LogP contribution in [0.1, 0.15) is 32.7 Å². The van der Waals surface area contributed by atoms with Gasteiger partial charge in [0, 0.05) is 41.0 Å². The van der Waals surface area contributed by atoms with E-state index in [0.29, 0.717) is 34.8 Å². The number of benzene rings is 3. The molecule has 2 heterocycles. The van der Waals surface area contributed by atoms with E-state index in [4.69, 9.17) is 4.74 Å². The molecule has 1 saturated heterocycles. The van der Waals surface area contributed by atoms with Gasteiger partial charge in [-0.1, -0.05) is 15.9 Å². The number of aryl methyl sites for hydroxylation is 1. The second-order valence-electron chi connectivity index (χ2n) is 8.70. The minimum Gasteiger partial charge on any atom is -0.426 e. The van der Waals surface area contributed by atoms with Gasteiger partial charge in [-0.15, -0.1) is 0 Å². The lowest BCUT2D eigenvalue weighted by Gasteiger charge is -2.18. The van der Waals surface area contributed by atoms with Gasteiger partial charge in [0.25, 0.3) is 11.8 Å². The van der Waals surface area contributed by atoms with Crippen molar-refractivity contribution in [2.75, 3.05) is 16.3 Å². The maximum Gasteiger partial charge on any atom is 0.316 e. The summed E-state index contributed by atoms with van der Waals surface area (Å²) in [7, 11) is 0. The zero-order valence-corrected chi connectivity index (χ0v) is 27.3. The summed E-state index contributed by atoms with van der Waals surface area (Å²) in [5.41, 5.74) is 2.14. The standard InChI is InChI=1S/C26H15Br5N2O5/c1-11-8-15(38-26(37)12-9-17(34)32(10-12)14-4-2-13(27)3-5-14)6-7-16(11)33-24(35)18-19(25(33)36)21(29)23(31)22(30)20(18)28/h2-8,12H,9-10H2,1H3/t12-/m1/s1. The molecule has 3 aromatic carbocycles. The third-order valence-corrected chi connectivity index (χ3v) is 11.6. The summed E-state index contributed by atoms with van der Waals surface area (Å²) in [6, 6.07) is 12.0. The Labute approximate surface area is 259 Å². The van der Waals surface area contributed by atoms with Gasteiger partial charge in [0.2, 0.25) is 5.91 Å². The van der Waals surface area contributed by atoms with Crippen LogP contribution in [0.15, 0.2) is 64.8 Å². The smallest absolute Gasteiger partial charge is 0.316 e. The van der Waals surface area contributed by atoms with E-state index >= 15 is 0 Å². The molecule has 3 aromatic rings. The molecule has 12 heteroatoms. The second-order valence-corrected chi connectivity index (χ2v) is 12.8. The first kappa shape index (κ1) is 27.7. The highest BCUT2D eigenvalue weighted by Gasteiger charge is 2.42. The van der Waals surface area contributed by atoms with Gasteiger partial charge in [-0.05, 0) is 119 Å². The molecule has 194 valence electrons. The number of amides is 3. The molecule has 2 aliphatic rings. The highest BCUT2D eigenvalue weighted by Crippen LogP contribution is 2.46. The molecule has 0 radical (unpaired) electrons. The fourth-order valence-electron chi connectivity index (χ4n) is 4.45. The number of fused-ring (bicyclic) bond motifs is 1. The predicted octanol–water partition coefficient (Wildman–Crippen LogP) is 7.57. The number of carbonyl (C=O) groups excluding carboxylic acids is 4. The van der Waals surface area contributed by atoms with Gasteiger partial charge in [0.05, 0.1) is 22.7 Å². The van der Waals surface area contributed by atoms with Crippen LogP contribution in [-0.4, -0.2) is 30.2 Å². The largest absolute Gasteiger partial charge is 0.426 e. The van der Waals surface area contributed by atoms with Crippen LogP contribution in [0.25, 0.3) is 0 Å². The Kier molecular flexibility index (Phi) is 7.73. The number of rotatable bonds is 4. The Morgan fingerprint density at radius 3 is 1.97 bits per heavy atom. The summed E-state index contributed by atoms with van der Waals surface area (Å²) < 4.78 is 8.63. The third kappa shape index (κ3) is 4.72. The van der Waals surface area contributed by atoms with Crippen molar-refractivity contribution in [3.63, 3.8) is 0 Å². The third-order valence-electron chi connectivity index (χ3n) is 6.33. The van der Waals surface area contributed by atoms with E-state index in [2.05, 4.69) is 79.6 Å². The van der Waals surface area contributed by atoms with Crippen LogP contribution in [0.5, 0.6) is 5.75 Å². The summed E-state index contributed by atoms with van der Waals surface area (Å²) >= 11 is 17.1. The average molecular weight is 835 g/mol. The number of esters is 1. The number of carbonyl (C=O) groups is 4. The zero-order valence-electron chi connectivity index (χ0n) is 19.4. The van der Waals surface area contributed by atoms with Crippen LogP contribution in [0.3, 0.4) is 0 Å². The van der Waals surface area contributed by atoms with Crippen molar-refractivity contribution in [1.82, 2.24) is 0 Å². The molecule has 0 aromatic heterocycles. The Balaban J connectivity index is 1.35. The van der Waals surface area contributed by atoms with Gasteiger partial charge >= 0.3 is 5.97 Å². The Hall–Kier alpha value is -1.86. The molecular formula is C26H15Br5N2O5. The molecule has 0 spiro atoms. The van der Waals surface area contributed by atoms with E-state index in [1.807, 2.05) is 24.3 Å². The predicted molar refractivity (Wildman–Crippen MR) is 160 cm³/mol. The van der Waals surface area contributed by atoms with Crippen LogP contribution in [0.2, 0.25) is 0 Å². The van der Waals surface area contributed by atoms with Crippen molar-refractivity contribution >= 4 is 115 Å². The van der Waals surface area contributed by atoms with Crippen LogP contribution in [-0.2, 0) is 9.59 Å². The van der Waals surface area contributed by atoms with Crippen LogP contribution < -0.4 is 14.5 Å². The number of halogens is 5. The SMILES string of the molecule is Cc1cc(OC(=O)[C@@H]2CC(=O)N(c3ccc(Br)cc3)C2)ccc1N1C(=O)c2c(Br)c(Br)c(Br)c(Br)c2C1=O. The van der Waals surface area contributed by atoms with Crippen molar-refractivity contribution < 1.29 is 23.9 Å². The minimum absolute atomic E-state index is 0.0515. The van der Waals surface area contributed by atoms with Gasteiger partial charge < -0.3 is 9.64 Å². The van der Waals surface area contributed by atoms with E-state index in [0.717, 1.165) is 9.37 Å². The maximum atomic E-state index is 13.3. The molecule has 5 rings (SSSR count). The molecule has 38 heavy (non-hydrogen) atoms. The molecule has 0 N–H and O–H groups in total. The van der Waals surface area contributed by atoms with Crippen molar-refractivity contribution in [1.29, 1.82) is 0 Å².